The summed E-state index contributed by atoms with van der Waals surface area (Å²) in [5.41, 5.74) is 1.35. The number of hydrogen-bond acceptors (Lipinski definition) is 1. The smallest absolute Gasteiger partial charge is 0.0602 e. The van der Waals surface area contributed by atoms with E-state index < -0.39 is 0 Å². The first-order valence-corrected chi connectivity index (χ1v) is 5.55. The molecule has 1 nitrogen and oxygen atoms in total. The molecule has 0 aromatic heterocycles. The largest absolute Gasteiger partial charge is 0.291 e. The Bertz CT molecular complexity index is 354. The summed E-state index contributed by atoms with van der Waals surface area (Å²) < 4.78 is 0. The third-order valence-electron chi connectivity index (χ3n) is 2.53. The van der Waals surface area contributed by atoms with Crippen LogP contribution in [-0.2, 0) is 6.54 Å². The fraction of sp³-hybridized carbons (Fsp3) is 0.429. The average Bonchev–Trinajstić information content (AvgIpc) is 3.03. The molecule has 1 aromatic rings. The second-order valence-corrected chi connectivity index (χ2v) is 4.25. The van der Waals surface area contributed by atoms with Crippen LogP contribution in [0.5, 0.6) is 0 Å². The van der Waals surface area contributed by atoms with Crippen molar-refractivity contribution in [1.29, 1.82) is 0 Å². The molecule has 1 aromatic carbocycles. The Kier molecular flexibility index (Phi) is 3.42. The van der Waals surface area contributed by atoms with Crippen LogP contribution in [0.2, 0.25) is 0 Å². The van der Waals surface area contributed by atoms with Crippen molar-refractivity contribution in [3.63, 3.8) is 0 Å². The Morgan fingerprint density at radius 1 is 1.27 bits per heavy atom. The Morgan fingerprint density at radius 3 is 2.67 bits per heavy atom. The summed E-state index contributed by atoms with van der Waals surface area (Å²) in [7, 11) is 2.12. The van der Waals surface area contributed by atoms with Crippen LogP contribution in [0.25, 0.3) is 0 Å². The van der Waals surface area contributed by atoms with Crippen LogP contribution in [0.4, 0.5) is 0 Å². The molecule has 15 heavy (non-hydrogen) atoms. The molecule has 2 rings (SSSR count). The van der Waals surface area contributed by atoms with Gasteiger partial charge >= 0.3 is 0 Å². The van der Waals surface area contributed by atoms with E-state index in [2.05, 4.69) is 54.1 Å². The minimum Gasteiger partial charge on any atom is -0.291 e. The topological polar surface area (TPSA) is 3.24 Å². The quantitative estimate of drug-likeness (QED) is 0.676. The van der Waals surface area contributed by atoms with Gasteiger partial charge in [-0.05, 0) is 25.5 Å². The van der Waals surface area contributed by atoms with Gasteiger partial charge < -0.3 is 0 Å². The summed E-state index contributed by atoms with van der Waals surface area (Å²) in [6.07, 6.45) is 2.63. The van der Waals surface area contributed by atoms with Crippen LogP contribution in [0.1, 0.15) is 18.4 Å². The van der Waals surface area contributed by atoms with Gasteiger partial charge in [0.25, 0.3) is 0 Å². The molecule has 0 aliphatic heterocycles. The molecule has 0 bridgehead atoms. The van der Waals surface area contributed by atoms with E-state index >= 15 is 0 Å². The van der Waals surface area contributed by atoms with Crippen molar-refractivity contribution < 1.29 is 0 Å². The van der Waals surface area contributed by atoms with Crippen molar-refractivity contribution in [2.45, 2.75) is 19.4 Å². The number of rotatable bonds is 3. The predicted octanol–water partition coefficient (Wildman–Crippen LogP) is 2.53. The van der Waals surface area contributed by atoms with Crippen LogP contribution in [0.15, 0.2) is 30.3 Å². The summed E-state index contributed by atoms with van der Waals surface area (Å²) in [6.45, 7) is 1.87. The lowest BCUT2D eigenvalue weighted by atomic mass is 10.2. The molecule has 0 radical (unpaired) electrons. The molecule has 0 amide bonds. The van der Waals surface area contributed by atoms with Crippen molar-refractivity contribution >= 4 is 0 Å². The fourth-order valence-electron chi connectivity index (χ4n) is 1.50. The van der Waals surface area contributed by atoms with E-state index in [9.17, 15) is 0 Å². The van der Waals surface area contributed by atoms with Gasteiger partial charge in [-0.1, -0.05) is 42.2 Å². The second-order valence-electron chi connectivity index (χ2n) is 4.25. The van der Waals surface area contributed by atoms with Crippen molar-refractivity contribution in [1.82, 2.24) is 4.90 Å². The predicted molar refractivity (Wildman–Crippen MR) is 63.3 cm³/mol. The first-order chi connectivity index (χ1) is 7.34. The van der Waals surface area contributed by atoms with Gasteiger partial charge in [0, 0.05) is 12.5 Å². The molecular formula is C14H17N. The number of benzene rings is 1. The van der Waals surface area contributed by atoms with Crippen molar-refractivity contribution in [2.24, 2.45) is 5.92 Å². The van der Waals surface area contributed by atoms with E-state index in [-0.39, 0.29) is 0 Å². The highest BCUT2D eigenvalue weighted by molar-refractivity contribution is 5.15. The molecule has 0 spiro atoms. The second kappa shape index (κ2) is 5.00. The summed E-state index contributed by atoms with van der Waals surface area (Å²) in [5.74, 6) is 7.24. The molecule has 0 N–H and O–H groups in total. The normalized spacial score (nSPS) is 14.8. The van der Waals surface area contributed by atoms with Crippen molar-refractivity contribution in [3.8, 4) is 11.8 Å². The first kappa shape index (κ1) is 10.3. The number of hydrogen-bond donors (Lipinski definition) is 0. The maximum Gasteiger partial charge on any atom is 0.0602 e. The van der Waals surface area contributed by atoms with Gasteiger partial charge in [-0.15, -0.1) is 0 Å². The highest BCUT2D eigenvalue weighted by Gasteiger charge is 2.17. The summed E-state index contributed by atoms with van der Waals surface area (Å²) in [5, 5.41) is 0. The highest BCUT2D eigenvalue weighted by atomic mass is 15.1. The molecule has 78 valence electrons. The third-order valence-corrected chi connectivity index (χ3v) is 2.53. The molecule has 1 fully saturated rings. The van der Waals surface area contributed by atoms with Crippen LogP contribution >= 0.6 is 0 Å². The maximum atomic E-state index is 3.28. The molecule has 0 saturated heterocycles. The van der Waals surface area contributed by atoms with E-state index in [1.165, 1.54) is 18.4 Å². The standard InChI is InChI=1S/C14H17N/c1-15(11-5-8-13-9-10-13)12-14-6-3-2-4-7-14/h2-4,6-7,13H,9-12H2,1H3. The van der Waals surface area contributed by atoms with Gasteiger partial charge in [-0.25, -0.2) is 0 Å². The van der Waals surface area contributed by atoms with E-state index in [1.54, 1.807) is 0 Å². The van der Waals surface area contributed by atoms with Gasteiger partial charge in [0.2, 0.25) is 0 Å². The zero-order valence-corrected chi connectivity index (χ0v) is 9.24. The SMILES string of the molecule is CN(CC#CC1CC1)Cc1ccccc1. The van der Waals surface area contributed by atoms with Gasteiger partial charge in [-0.2, -0.15) is 0 Å². The minimum atomic E-state index is 0.718. The molecule has 1 saturated carbocycles. The molecule has 1 aliphatic carbocycles. The van der Waals surface area contributed by atoms with Crippen LogP contribution in [0, 0.1) is 17.8 Å². The first-order valence-electron chi connectivity index (χ1n) is 5.55. The van der Waals surface area contributed by atoms with Crippen molar-refractivity contribution in [3.05, 3.63) is 35.9 Å². The third kappa shape index (κ3) is 3.77. The Balaban J connectivity index is 1.77. The highest BCUT2D eigenvalue weighted by Crippen LogP contribution is 2.27. The van der Waals surface area contributed by atoms with E-state index in [1.807, 2.05) is 0 Å². The Hall–Kier alpha value is -1.26. The zero-order valence-electron chi connectivity index (χ0n) is 9.24. The zero-order chi connectivity index (χ0) is 10.5. The summed E-state index contributed by atoms with van der Waals surface area (Å²) >= 11 is 0. The Morgan fingerprint density at radius 2 is 2.00 bits per heavy atom. The lowest BCUT2D eigenvalue weighted by molar-refractivity contribution is 0.369. The molecular weight excluding hydrogens is 182 g/mol. The lowest BCUT2D eigenvalue weighted by Crippen LogP contribution is -2.17. The van der Waals surface area contributed by atoms with Gasteiger partial charge in [0.1, 0.15) is 0 Å². The van der Waals surface area contributed by atoms with Gasteiger partial charge in [0.05, 0.1) is 6.54 Å². The molecule has 1 heteroatoms. The monoisotopic (exact) mass is 199 g/mol. The van der Waals surface area contributed by atoms with Crippen LogP contribution < -0.4 is 0 Å². The average molecular weight is 199 g/mol. The van der Waals surface area contributed by atoms with Crippen LogP contribution in [0.3, 0.4) is 0 Å². The molecule has 0 atom stereocenters. The fourth-order valence-corrected chi connectivity index (χ4v) is 1.50. The lowest BCUT2D eigenvalue weighted by Gasteiger charge is -2.12. The molecule has 0 unspecified atom stereocenters. The molecule has 1 aliphatic rings. The Labute approximate surface area is 92.1 Å². The minimum absolute atomic E-state index is 0.718. The van der Waals surface area contributed by atoms with E-state index in [4.69, 9.17) is 0 Å². The number of nitrogens with zero attached hydrogens (tertiary/aromatic N) is 1. The van der Waals surface area contributed by atoms with Gasteiger partial charge in [0.15, 0.2) is 0 Å². The summed E-state index contributed by atoms with van der Waals surface area (Å²) in [6, 6.07) is 10.5. The molecule has 0 heterocycles. The van der Waals surface area contributed by atoms with E-state index in [0.717, 1.165) is 19.0 Å². The van der Waals surface area contributed by atoms with Gasteiger partial charge in [-0.3, -0.25) is 4.90 Å². The maximum absolute atomic E-state index is 3.28. The van der Waals surface area contributed by atoms with Crippen molar-refractivity contribution in [2.75, 3.05) is 13.6 Å². The summed E-state index contributed by atoms with van der Waals surface area (Å²) in [4.78, 5) is 2.25. The van der Waals surface area contributed by atoms with Crippen LogP contribution in [-0.4, -0.2) is 18.5 Å². The van der Waals surface area contributed by atoms with E-state index in [0.29, 0.717) is 0 Å².